The fourth-order valence-corrected chi connectivity index (χ4v) is 3.78. The Morgan fingerprint density at radius 2 is 1.75 bits per heavy atom. The third-order valence-electron chi connectivity index (χ3n) is 5.60. The van der Waals surface area contributed by atoms with Crippen LogP contribution < -0.4 is 9.47 Å². The largest absolute Gasteiger partial charge is 0.489 e. The van der Waals surface area contributed by atoms with Crippen LogP contribution in [0.3, 0.4) is 0 Å². The number of ether oxygens (including phenoxy) is 2. The zero-order chi connectivity index (χ0) is 22.1. The highest BCUT2D eigenvalue weighted by Gasteiger charge is 2.29. The van der Waals surface area contributed by atoms with E-state index in [1.165, 1.54) is 17.2 Å². The quantitative estimate of drug-likeness (QED) is 0.454. The van der Waals surface area contributed by atoms with Gasteiger partial charge in [-0.3, -0.25) is 4.90 Å². The van der Waals surface area contributed by atoms with Gasteiger partial charge in [0.1, 0.15) is 6.26 Å². The van der Waals surface area contributed by atoms with Crippen molar-refractivity contribution in [2.75, 3.05) is 13.2 Å². The summed E-state index contributed by atoms with van der Waals surface area (Å²) in [6, 6.07) is 13.1. The summed E-state index contributed by atoms with van der Waals surface area (Å²) in [6.07, 6.45) is -0.653. The van der Waals surface area contributed by atoms with E-state index >= 15 is 0 Å². The molecule has 1 aromatic heterocycles. The summed E-state index contributed by atoms with van der Waals surface area (Å²) in [7, 11) is 0. The lowest BCUT2D eigenvalue weighted by atomic mass is 10.1. The highest BCUT2D eigenvalue weighted by atomic mass is 19.4. The molecular formula is C24H23F3N2O3. The number of alkyl halides is 3. The molecule has 5 rings (SSSR count). The molecule has 8 heteroatoms. The van der Waals surface area contributed by atoms with Crippen LogP contribution in [0, 0.1) is 5.92 Å². The van der Waals surface area contributed by atoms with Crippen LogP contribution in [0.15, 0.2) is 53.1 Å². The minimum atomic E-state index is -4.42. The van der Waals surface area contributed by atoms with Crippen LogP contribution in [-0.2, 0) is 19.6 Å². The number of oxazole rings is 1. The van der Waals surface area contributed by atoms with Gasteiger partial charge in [0.05, 0.1) is 12.3 Å². The van der Waals surface area contributed by atoms with Gasteiger partial charge in [-0.2, -0.15) is 13.2 Å². The molecule has 1 saturated carbocycles. The van der Waals surface area contributed by atoms with E-state index in [4.69, 9.17) is 13.9 Å². The summed E-state index contributed by atoms with van der Waals surface area (Å²) in [5.74, 6) is 1.18. The van der Waals surface area contributed by atoms with Crippen LogP contribution in [0.5, 0.6) is 11.5 Å². The molecule has 0 amide bonds. The van der Waals surface area contributed by atoms with Crippen LogP contribution in [0.25, 0.3) is 11.5 Å². The Morgan fingerprint density at radius 1 is 1.00 bits per heavy atom. The van der Waals surface area contributed by atoms with Crippen LogP contribution in [-0.4, -0.2) is 29.3 Å². The van der Waals surface area contributed by atoms with E-state index in [0.717, 1.165) is 31.6 Å². The second kappa shape index (κ2) is 8.50. The minimum Gasteiger partial charge on any atom is -0.489 e. The maximum Gasteiger partial charge on any atom is 0.422 e. The number of nitrogens with zero attached hydrogens (tertiary/aromatic N) is 2. The average Bonchev–Trinajstić information content (AvgIpc) is 3.32. The number of halogens is 3. The molecule has 0 saturated heterocycles. The third-order valence-corrected chi connectivity index (χ3v) is 5.60. The van der Waals surface area contributed by atoms with E-state index in [0.29, 0.717) is 30.5 Å². The fraction of sp³-hybridized carbons (Fsp3) is 0.375. The summed E-state index contributed by atoms with van der Waals surface area (Å²) >= 11 is 0. The predicted octanol–water partition coefficient (Wildman–Crippen LogP) is 5.59. The zero-order valence-electron chi connectivity index (χ0n) is 17.4. The first-order valence-electron chi connectivity index (χ1n) is 10.6. The minimum absolute atomic E-state index is 0.0633. The zero-order valence-corrected chi connectivity index (χ0v) is 17.4. The predicted molar refractivity (Wildman–Crippen MR) is 111 cm³/mol. The monoisotopic (exact) mass is 444 g/mol. The summed E-state index contributed by atoms with van der Waals surface area (Å²) in [5, 5.41) is 0. The number of hydrogen-bond acceptors (Lipinski definition) is 5. The molecule has 0 unspecified atom stereocenters. The molecular weight excluding hydrogens is 421 g/mol. The molecule has 1 fully saturated rings. The molecule has 0 atom stereocenters. The second-order valence-corrected chi connectivity index (χ2v) is 8.38. The molecule has 0 bridgehead atoms. The van der Waals surface area contributed by atoms with Crippen molar-refractivity contribution in [3.63, 3.8) is 0 Å². The highest BCUT2D eigenvalue weighted by Crippen LogP contribution is 2.36. The van der Waals surface area contributed by atoms with E-state index in [1.807, 2.05) is 12.1 Å². The number of aromatic nitrogens is 1. The van der Waals surface area contributed by atoms with Crippen LogP contribution >= 0.6 is 0 Å². The van der Waals surface area contributed by atoms with Gasteiger partial charge in [0.2, 0.25) is 5.89 Å². The molecule has 0 spiro atoms. The first kappa shape index (κ1) is 20.9. The lowest BCUT2D eigenvalue weighted by Crippen LogP contribution is -2.19. The third kappa shape index (κ3) is 5.07. The molecule has 0 radical (unpaired) electrons. The van der Waals surface area contributed by atoms with Crippen LogP contribution in [0.2, 0.25) is 0 Å². The van der Waals surface area contributed by atoms with E-state index in [9.17, 15) is 13.2 Å². The van der Waals surface area contributed by atoms with Crippen molar-refractivity contribution in [2.24, 2.45) is 5.92 Å². The molecule has 2 aromatic carbocycles. The lowest BCUT2D eigenvalue weighted by molar-refractivity contribution is -0.153. The Bertz CT molecular complexity index is 1070. The van der Waals surface area contributed by atoms with Gasteiger partial charge in [-0.05, 0) is 48.1 Å². The Balaban J connectivity index is 1.29. The number of rotatable bonds is 8. The summed E-state index contributed by atoms with van der Waals surface area (Å²) in [6.45, 7) is 1.47. The second-order valence-electron chi connectivity index (χ2n) is 8.38. The summed E-state index contributed by atoms with van der Waals surface area (Å²) < 4.78 is 54.2. The van der Waals surface area contributed by atoms with Crippen LogP contribution in [0.1, 0.15) is 29.7 Å². The van der Waals surface area contributed by atoms with Crippen molar-refractivity contribution in [3.8, 4) is 23.0 Å². The standard InChI is InChI=1S/C24H23F3N2O3/c25-24(26,27)15-32-21-8-7-17(9-22(21)30-13-16-5-6-16)23-28-20(14-31-23)12-29-10-18-3-1-2-4-19(18)11-29/h1-4,7-9,14,16H,5-6,10-13,15H2. The summed E-state index contributed by atoms with van der Waals surface area (Å²) in [4.78, 5) is 6.87. The SMILES string of the molecule is FC(F)(F)COc1ccc(-c2nc(CN3Cc4ccccc4C3)co2)cc1OCC1CC1. The fourth-order valence-electron chi connectivity index (χ4n) is 3.78. The van der Waals surface area contributed by atoms with Gasteiger partial charge in [-0.1, -0.05) is 24.3 Å². The van der Waals surface area contributed by atoms with Gasteiger partial charge in [0.15, 0.2) is 18.1 Å². The molecule has 0 N–H and O–H groups in total. The van der Waals surface area contributed by atoms with Gasteiger partial charge in [-0.25, -0.2) is 4.98 Å². The van der Waals surface area contributed by atoms with E-state index < -0.39 is 12.8 Å². The highest BCUT2D eigenvalue weighted by molar-refractivity contribution is 5.60. The van der Waals surface area contributed by atoms with Crippen molar-refractivity contribution in [1.29, 1.82) is 0 Å². The van der Waals surface area contributed by atoms with Crippen LogP contribution in [0.4, 0.5) is 13.2 Å². The van der Waals surface area contributed by atoms with E-state index in [-0.39, 0.29) is 11.5 Å². The maximum absolute atomic E-state index is 12.6. The normalized spacial score (nSPS) is 16.2. The molecule has 1 aliphatic heterocycles. The molecule has 1 aliphatic carbocycles. The molecule has 32 heavy (non-hydrogen) atoms. The Morgan fingerprint density at radius 3 is 2.44 bits per heavy atom. The Hall–Kier alpha value is -3.00. The van der Waals surface area contributed by atoms with Gasteiger partial charge in [-0.15, -0.1) is 0 Å². The Labute approximate surface area is 183 Å². The molecule has 168 valence electrons. The Kier molecular flexibility index (Phi) is 5.55. The first-order chi connectivity index (χ1) is 15.4. The van der Waals surface area contributed by atoms with Gasteiger partial charge in [0.25, 0.3) is 0 Å². The van der Waals surface area contributed by atoms with Crippen molar-refractivity contribution in [1.82, 2.24) is 9.88 Å². The topological polar surface area (TPSA) is 47.7 Å². The first-order valence-corrected chi connectivity index (χ1v) is 10.6. The smallest absolute Gasteiger partial charge is 0.422 e. The van der Waals surface area contributed by atoms with Crippen molar-refractivity contribution >= 4 is 0 Å². The van der Waals surface area contributed by atoms with Gasteiger partial charge >= 0.3 is 6.18 Å². The average molecular weight is 444 g/mol. The number of hydrogen-bond donors (Lipinski definition) is 0. The number of fused-ring (bicyclic) bond motifs is 1. The van der Waals surface area contributed by atoms with Gasteiger partial charge < -0.3 is 13.9 Å². The van der Waals surface area contributed by atoms with E-state index in [1.54, 1.807) is 18.4 Å². The molecule has 2 aliphatic rings. The molecule has 3 aromatic rings. The molecule has 2 heterocycles. The van der Waals surface area contributed by atoms with E-state index in [2.05, 4.69) is 22.0 Å². The lowest BCUT2D eigenvalue weighted by Gasteiger charge is -2.14. The van der Waals surface area contributed by atoms with Gasteiger partial charge in [0, 0.05) is 25.2 Å². The van der Waals surface area contributed by atoms with Crippen molar-refractivity contribution in [3.05, 3.63) is 65.5 Å². The van der Waals surface area contributed by atoms with Crippen molar-refractivity contribution in [2.45, 2.75) is 38.7 Å². The van der Waals surface area contributed by atoms with Crippen molar-refractivity contribution < 1.29 is 27.1 Å². The molecule has 5 nitrogen and oxygen atoms in total. The summed E-state index contributed by atoms with van der Waals surface area (Å²) in [5.41, 5.74) is 4.07. The maximum atomic E-state index is 12.6. The number of benzene rings is 2.